The predicted octanol–water partition coefficient (Wildman–Crippen LogP) is 5.84. The van der Waals surface area contributed by atoms with Crippen LogP contribution in [0.2, 0.25) is 10.0 Å². The molecule has 0 aliphatic carbocycles. The summed E-state index contributed by atoms with van der Waals surface area (Å²) in [7, 11) is 0. The fourth-order valence-electron chi connectivity index (χ4n) is 3.19. The first-order chi connectivity index (χ1) is 13.1. The molecule has 1 aliphatic heterocycles. The van der Waals surface area contributed by atoms with Crippen molar-refractivity contribution in [2.75, 3.05) is 12.3 Å². The summed E-state index contributed by atoms with van der Waals surface area (Å²) in [6.07, 6.45) is 0. The molecule has 1 unspecified atom stereocenters. The van der Waals surface area contributed by atoms with E-state index in [1.807, 2.05) is 47.4 Å². The van der Waals surface area contributed by atoms with Crippen LogP contribution < -0.4 is 0 Å². The van der Waals surface area contributed by atoms with Gasteiger partial charge in [-0.05, 0) is 30.7 Å². The Morgan fingerprint density at radius 1 is 1.19 bits per heavy atom. The van der Waals surface area contributed by atoms with Crippen LogP contribution in [0.25, 0.3) is 11.3 Å². The normalized spacial score (nSPS) is 16.7. The Morgan fingerprint density at radius 2 is 1.93 bits per heavy atom. The van der Waals surface area contributed by atoms with Gasteiger partial charge < -0.3 is 9.42 Å². The van der Waals surface area contributed by atoms with Gasteiger partial charge in [-0.15, -0.1) is 11.8 Å². The van der Waals surface area contributed by atoms with Gasteiger partial charge in [0.15, 0.2) is 0 Å². The van der Waals surface area contributed by atoms with E-state index < -0.39 is 0 Å². The van der Waals surface area contributed by atoms with Gasteiger partial charge in [0.05, 0.1) is 5.02 Å². The molecule has 1 saturated heterocycles. The van der Waals surface area contributed by atoms with E-state index in [9.17, 15) is 4.79 Å². The first kappa shape index (κ1) is 18.4. The number of carbonyl (C=O) groups is 1. The van der Waals surface area contributed by atoms with Crippen molar-refractivity contribution in [2.45, 2.75) is 12.3 Å². The first-order valence-corrected chi connectivity index (χ1v) is 10.3. The Hall–Kier alpha value is -1.95. The summed E-state index contributed by atoms with van der Waals surface area (Å²) in [5.41, 5.74) is 2.68. The summed E-state index contributed by atoms with van der Waals surface area (Å²) in [5.74, 6) is 1.25. The molecule has 2 heterocycles. The number of halogens is 2. The Kier molecular flexibility index (Phi) is 5.17. The molecule has 0 N–H and O–H groups in total. The number of thioether (sulfide) groups is 1. The average Bonchev–Trinajstić information content (AvgIpc) is 3.29. The second kappa shape index (κ2) is 7.58. The van der Waals surface area contributed by atoms with Crippen molar-refractivity contribution >= 4 is 40.9 Å². The zero-order valence-corrected chi connectivity index (χ0v) is 16.8. The molecule has 1 aliphatic rings. The molecule has 0 radical (unpaired) electrons. The predicted molar refractivity (Wildman–Crippen MR) is 109 cm³/mol. The number of aryl methyl sites for hydroxylation is 1. The first-order valence-electron chi connectivity index (χ1n) is 8.45. The molecule has 4 rings (SSSR count). The standard InChI is InChI=1S/C20H16Cl2N2O2S/c1-12-17(18(23-26-12)15-4-2-3-5-16(15)22)19(25)24-10-11-27-20(24)13-6-8-14(21)9-7-13/h2-9,20H,10-11H2,1H3. The zero-order chi connectivity index (χ0) is 19.0. The lowest BCUT2D eigenvalue weighted by Crippen LogP contribution is -2.31. The fourth-order valence-corrected chi connectivity index (χ4v) is 4.79. The molecule has 0 spiro atoms. The Bertz CT molecular complexity index is 988. The quantitative estimate of drug-likeness (QED) is 0.535. The third kappa shape index (κ3) is 3.47. The van der Waals surface area contributed by atoms with Gasteiger partial charge in [0.25, 0.3) is 5.91 Å². The van der Waals surface area contributed by atoms with Gasteiger partial charge in [0.1, 0.15) is 22.4 Å². The lowest BCUT2D eigenvalue weighted by molar-refractivity contribution is 0.0759. The maximum atomic E-state index is 13.4. The lowest BCUT2D eigenvalue weighted by atomic mass is 10.0. The van der Waals surface area contributed by atoms with E-state index in [-0.39, 0.29) is 11.3 Å². The second-order valence-electron chi connectivity index (χ2n) is 6.22. The molecule has 1 fully saturated rings. The van der Waals surface area contributed by atoms with Crippen molar-refractivity contribution in [3.05, 3.63) is 75.5 Å². The molecular weight excluding hydrogens is 403 g/mol. The number of benzene rings is 2. The molecule has 138 valence electrons. The summed E-state index contributed by atoms with van der Waals surface area (Å²) >= 11 is 14.1. The maximum Gasteiger partial charge on any atom is 0.260 e. The van der Waals surface area contributed by atoms with Crippen LogP contribution >= 0.6 is 35.0 Å². The van der Waals surface area contributed by atoms with Gasteiger partial charge in [-0.1, -0.05) is 58.7 Å². The van der Waals surface area contributed by atoms with E-state index in [4.69, 9.17) is 27.7 Å². The van der Waals surface area contributed by atoms with E-state index in [0.29, 0.717) is 39.2 Å². The van der Waals surface area contributed by atoms with Crippen molar-refractivity contribution in [3.63, 3.8) is 0 Å². The number of hydrogen-bond donors (Lipinski definition) is 0. The van der Waals surface area contributed by atoms with E-state index in [0.717, 1.165) is 11.3 Å². The van der Waals surface area contributed by atoms with E-state index >= 15 is 0 Å². The van der Waals surface area contributed by atoms with Gasteiger partial charge >= 0.3 is 0 Å². The van der Waals surface area contributed by atoms with Gasteiger partial charge in [0, 0.05) is 22.9 Å². The van der Waals surface area contributed by atoms with Crippen LogP contribution in [0.5, 0.6) is 0 Å². The molecule has 1 atom stereocenters. The van der Waals surface area contributed by atoms with E-state index in [1.165, 1.54) is 0 Å². The number of hydrogen-bond acceptors (Lipinski definition) is 4. The summed E-state index contributed by atoms with van der Waals surface area (Å²) in [6, 6.07) is 14.9. The lowest BCUT2D eigenvalue weighted by Gasteiger charge is -2.24. The molecule has 0 bridgehead atoms. The summed E-state index contributed by atoms with van der Waals surface area (Å²) < 4.78 is 5.36. The number of carbonyl (C=O) groups excluding carboxylic acids is 1. The zero-order valence-electron chi connectivity index (χ0n) is 14.5. The molecule has 7 heteroatoms. The third-order valence-corrected chi connectivity index (χ3v) is 6.35. The topological polar surface area (TPSA) is 46.3 Å². The number of aromatic nitrogens is 1. The fraction of sp³-hybridized carbons (Fsp3) is 0.200. The molecule has 4 nitrogen and oxygen atoms in total. The minimum absolute atomic E-state index is 0.0665. The van der Waals surface area contributed by atoms with Gasteiger partial charge in [-0.3, -0.25) is 4.79 Å². The van der Waals surface area contributed by atoms with Crippen LogP contribution in [0.3, 0.4) is 0 Å². The van der Waals surface area contributed by atoms with E-state index in [1.54, 1.807) is 24.8 Å². The number of nitrogens with zero attached hydrogens (tertiary/aromatic N) is 2. The monoisotopic (exact) mass is 418 g/mol. The number of amides is 1. The highest BCUT2D eigenvalue weighted by Crippen LogP contribution is 2.41. The highest BCUT2D eigenvalue weighted by Gasteiger charge is 2.35. The summed E-state index contributed by atoms with van der Waals surface area (Å²) in [4.78, 5) is 15.3. The molecule has 2 aromatic carbocycles. The van der Waals surface area contributed by atoms with Gasteiger partial charge in [0.2, 0.25) is 0 Å². The molecule has 27 heavy (non-hydrogen) atoms. The minimum Gasteiger partial charge on any atom is -0.360 e. The minimum atomic E-state index is -0.103. The smallest absolute Gasteiger partial charge is 0.260 e. The van der Waals surface area contributed by atoms with Crippen LogP contribution in [0.4, 0.5) is 0 Å². The van der Waals surface area contributed by atoms with Crippen LogP contribution in [0, 0.1) is 6.92 Å². The van der Waals surface area contributed by atoms with E-state index in [2.05, 4.69) is 5.16 Å². The molecule has 1 amide bonds. The highest BCUT2D eigenvalue weighted by molar-refractivity contribution is 7.99. The van der Waals surface area contributed by atoms with Crippen molar-refractivity contribution < 1.29 is 9.32 Å². The van der Waals surface area contributed by atoms with Crippen LogP contribution in [-0.4, -0.2) is 28.3 Å². The van der Waals surface area contributed by atoms with Crippen LogP contribution in [0.15, 0.2) is 53.1 Å². The van der Waals surface area contributed by atoms with Crippen molar-refractivity contribution in [1.82, 2.24) is 10.1 Å². The Morgan fingerprint density at radius 3 is 2.67 bits per heavy atom. The largest absolute Gasteiger partial charge is 0.360 e. The SMILES string of the molecule is Cc1onc(-c2ccccc2Cl)c1C(=O)N1CCSC1c1ccc(Cl)cc1. The van der Waals surface area contributed by atoms with Gasteiger partial charge in [-0.25, -0.2) is 0 Å². The van der Waals surface area contributed by atoms with Crippen molar-refractivity contribution in [3.8, 4) is 11.3 Å². The third-order valence-electron chi connectivity index (χ3n) is 4.51. The maximum absolute atomic E-state index is 13.4. The average molecular weight is 419 g/mol. The van der Waals surface area contributed by atoms with Crippen LogP contribution in [0.1, 0.15) is 27.1 Å². The van der Waals surface area contributed by atoms with Crippen molar-refractivity contribution in [1.29, 1.82) is 0 Å². The Balaban J connectivity index is 1.72. The molecule has 0 saturated carbocycles. The molecule has 3 aromatic rings. The van der Waals surface area contributed by atoms with Gasteiger partial charge in [-0.2, -0.15) is 0 Å². The second-order valence-corrected chi connectivity index (χ2v) is 8.25. The van der Waals surface area contributed by atoms with Crippen molar-refractivity contribution in [2.24, 2.45) is 0 Å². The van der Waals surface area contributed by atoms with Crippen LogP contribution in [-0.2, 0) is 0 Å². The Labute approximate surface area is 171 Å². The summed E-state index contributed by atoms with van der Waals surface area (Å²) in [6.45, 7) is 2.41. The highest BCUT2D eigenvalue weighted by atomic mass is 35.5. The number of rotatable bonds is 3. The molecule has 1 aromatic heterocycles. The summed E-state index contributed by atoms with van der Waals surface area (Å²) in [5, 5.41) is 5.26. The molecular formula is C20H16Cl2N2O2S.